The third-order valence-corrected chi connectivity index (χ3v) is 2.00. The van der Waals surface area contributed by atoms with Crippen LogP contribution in [0.25, 0.3) is 0 Å². The highest BCUT2D eigenvalue weighted by molar-refractivity contribution is 7.09. The maximum atomic E-state index is 9.80. The number of carbonyl (C=O) groups excluding carboxylic acids is 1. The molecule has 0 aliphatic rings. The van der Waals surface area contributed by atoms with Gasteiger partial charge >= 0.3 is 0 Å². The van der Waals surface area contributed by atoms with Crippen LogP contribution in [0.3, 0.4) is 0 Å². The smallest absolute Gasteiger partial charge is 0.235 e. The zero-order chi connectivity index (χ0) is 7.40. The second-order valence-corrected chi connectivity index (χ2v) is 2.69. The first-order chi connectivity index (χ1) is 4.84. The molecule has 1 atom stereocenters. The van der Waals surface area contributed by atoms with E-state index in [1.165, 1.54) is 17.4 Å². The Balaban J connectivity index is 2.76. The van der Waals surface area contributed by atoms with Crippen molar-refractivity contribution in [3.05, 3.63) is 16.6 Å². The molecule has 0 aromatic carbocycles. The number of thiazole rings is 1. The van der Waals surface area contributed by atoms with Crippen LogP contribution in [0.5, 0.6) is 0 Å². The van der Waals surface area contributed by atoms with E-state index in [1.807, 2.05) is 12.3 Å². The van der Waals surface area contributed by atoms with Gasteiger partial charge in [-0.2, -0.15) is 4.99 Å². The molecule has 0 amide bonds. The van der Waals surface area contributed by atoms with Gasteiger partial charge in [0.05, 0.1) is 0 Å². The highest BCUT2D eigenvalue weighted by atomic mass is 32.1. The number of isocyanates is 1. The first kappa shape index (κ1) is 7.12. The van der Waals surface area contributed by atoms with Crippen molar-refractivity contribution >= 4 is 17.4 Å². The molecular weight excluding hydrogens is 148 g/mol. The second kappa shape index (κ2) is 3.25. The van der Waals surface area contributed by atoms with Crippen LogP contribution < -0.4 is 0 Å². The average molecular weight is 154 g/mol. The van der Waals surface area contributed by atoms with Crippen LogP contribution in [-0.2, 0) is 4.79 Å². The van der Waals surface area contributed by atoms with Crippen molar-refractivity contribution < 1.29 is 4.79 Å². The number of nitrogens with zero attached hydrogens (tertiary/aromatic N) is 2. The highest BCUT2D eigenvalue weighted by Gasteiger charge is 2.03. The third kappa shape index (κ3) is 1.50. The molecule has 0 bridgehead atoms. The second-order valence-electron chi connectivity index (χ2n) is 1.77. The van der Waals surface area contributed by atoms with Crippen LogP contribution in [0.15, 0.2) is 16.6 Å². The molecule has 0 N–H and O–H groups in total. The van der Waals surface area contributed by atoms with Crippen LogP contribution >= 0.6 is 11.3 Å². The Labute approximate surface area is 62.4 Å². The van der Waals surface area contributed by atoms with Crippen LogP contribution in [-0.4, -0.2) is 11.1 Å². The largest absolute Gasteiger partial charge is 0.247 e. The molecule has 1 aromatic heterocycles. The number of hydrogen-bond donors (Lipinski definition) is 0. The number of hydrogen-bond acceptors (Lipinski definition) is 4. The summed E-state index contributed by atoms with van der Waals surface area (Å²) in [7, 11) is 0. The van der Waals surface area contributed by atoms with E-state index >= 15 is 0 Å². The minimum absolute atomic E-state index is 0.141. The van der Waals surface area contributed by atoms with E-state index in [9.17, 15) is 4.79 Å². The normalized spacial score (nSPS) is 12.1. The van der Waals surface area contributed by atoms with E-state index in [4.69, 9.17) is 0 Å². The fraction of sp³-hybridized carbons (Fsp3) is 0.333. The molecule has 0 unspecified atom stereocenters. The molecule has 0 saturated carbocycles. The van der Waals surface area contributed by atoms with E-state index in [0.29, 0.717) is 0 Å². The minimum atomic E-state index is -0.141. The van der Waals surface area contributed by atoms with Gasteiger partial charge in [-0.25, -0.2) is 9.78 Å². The maximum Gasteiger partial charge on any atom is 0.235 e. The molecule has 0 saturated heterocycles. The maximum absolute atomic E-state index is 9.80. The highest BCUT2D eigenvalue weighted by Crippen LogP contribution is 2.17. The summed E-state index contributed by atoms with van der Waals surface area (Å²) in [6.07, 6.45) is 3.19. The molecule has 0 aliphatic carbocycles. The van der Waals surface area contributed by atoms with Crippen molar-refractivity contribution in [1.82, 2.24) is 4.98 Å². The van der Waals surface area contributed by atoms with Gasteiger partial charge in [0.25, 0.3) is 0 Å². The molecule has 0 aliphatic heterocycles. The van der Waals surface area contributed by atoms with Crippen molar-refractivity contribution in [2.45, 2.75) is 13.0 Å². The van der Waals surface area contributed by atoms with Gasteiger partial charge in [0, 0.05) is 11.6 Å². The van der Waals surface area contributed by atoms with E-state index in [-0.39, 0.29) is 6.04 Å². The van der Waals surface area contributed by atoms with Gasteiger partial charge in [-0.15, -0.1) is 11.3 Å². The Morgan fingerprint density at radius 1 is 1.90 bits per heavy atom. The number of aliphatic imine (C=N–C) groups is 1. The van der Waals surface area contributed by atoms with Gasteiger partial charge in [-0.3, -0.25) is 0 Å². The quantitative estimate of drug-likeness (QED) is 0.479. The summed E-state index contributed by atoms with van der Waals surface area (Å²) in [5, 5.41) is 2.70. The van der Waals surface area contributed by atoms with E-state index in [1.54, 1.807) is 6.20 Å². The van der Waals surface area contributed by atoms with Gasteiger partial charge in [-0.1, -0.05) is 0 Å². The monoisotopic (exact) mass is 154 g/mol. The fourth-order valence-electron chi connectivity index (χ4n) is 0.575. The Kier molecular flexibility index (Phi) is 2.31. The molecule has 0 radical (unpaired) electrons. The molecule has 0 fully saturated rings. The van der Waals surface area contributed by atoms with Crippen LogP contribution in [0, 0.1) is 0 Å². The Morgan fingerprint density at radius 2 is 2.70 bits per heavy atom. The SMILES string of the molecule is C[C@@H](N=C=O)c1nccs1. The first-order valence-electron chi connectivity index (χ1n) is 2.81. The molecule has 1 aromatic rings. The van der Waals surface area contributed by atoms with Crippen molar-refractivity contribution in [1.29, 1.82) is 0 Å². The van der Waals surface area contributed by atoms with Crippen LogP contribution in [0.1, 0.15) is 18.0 Å². The van der Waals surface area contributed by atoms with Crippen molar-refractivity contribution in [2.75, 3.05) is 0 Å². The minimum Gasteiger partial charge on any atom is -0.247 e. The van der Waals surface area contributed by atoms with Crippen molar-refractivity contribution in [3.8, 4) is 0 Å². The van der Waals surface area contributed by atoms with Crippen molar-refractivity contribution in [3.63, 3.8) is 0 Å². The Bertz CT molecular complexity index is 238. The lowest BCUT2D eigenvalue weighted by atomic mass is 10.4. The molecule has 0 spiro atoms. The topological polar surface area (TPSA) is 42.3 Å². The predicted molar refractivity (Wildman–Crippen MR) is 38.7 cm³/mol. The lowest BCUT2D eigenvalue weighted by Gasteiger charge is -1.94. The van der Waals surface area contributed by atoms with Gasteiger partial charge in [0.15, 0.2) is 0 Å². The summed E-state index contributed by atoms with van der Waals surface area (Å²) in [5.41, 5.74) is 0. The van der Waals surface area contributed by atoms with E-state index in [0.717, 1.165) is 5.01 Å². The summed E-state index contributed by atoms with van der Waals surface area (Å²) in [6.45, 7) is 1.81. The van der Waals surface area contributed by atoms with Gasteiger partial charge in [0.2, 0.25) is 6.08 Å². The van der Waals surface area contributed by atoms with E-state index in [2.05, 4.69) is 9.98 Å². The molecule has 3 nitrogen and oxygen atoms in total. The predicted octanol–water partition coefficient (Wildman–Crippen LogP) is 1.54. The first-order valence-corrected chi connectivity index (χ1v) is 3.69. The summed E-state index contributed by atoms with van der Waals surface area (Å²) >= 11 is 1.49. The summed E-state index contributed by atoms with van der Waals surface area (Å²) in [6, 6.07) is -0.141. The molecule has 1 heterocycles. The number of rotatable bonds is 2. The summed E-state index contributed by atoms with van der Waals surface area (Å²) in [5.74, 6) is 0. The Hall–Kier alpha value is -0.990. The Morgan fingerprint density at radius 3 is 3.20 bits per heavy atom. The zero-order valence-corrected chi connectivity index (χ0v) is 6.26. The van der Waals surface area contributed by atoms with Gasteiger partial charge < -0.3 is 0 Å². The third-order valence-electron chi connectivity index (χ3n) is 1.06. The van der Waals surface area contributed by atoms with Gasteiger partial charge in [-0.05, 0) is 6.92 Å². The fourth-order valence-corrected chi connectivity index (χ4v) is 1.21. The summed E-state index contributed by atoms with van der Waals surface area (Å²) < 4.78 is 0. The molecule has 1 rings (SSSR count). The van der Waals surface area contributed by atoms with E-state index < -0.39 is 0 Å². The van der Waals surface area contributed by atoms with Crippen molar-refractivity contribution in [2.24, 2.45) is 4.99 Å². The van der Waals surface area contributed by atoms with Crippen LogP contribution in [0.2, 0.25) is 0 Å². The zero-order valence-electron chi connectivity index (χ0n) is 5.44. The molecule has 10 heavy (non-hydrogen) atoms. The molecular formula is C6H6N2OS. The number of aromatic nitrogens is 1. The lowest BCUT2D eigenvalue weighted by Crippen LogP contribution is -1.85. The standard InChI is InChI=1S/C6H6N2OS/c1-5(8-4-9)6-7-2-3-10-6/h2-3,5H,1H3/t5-/m1/s1. The average Bonchev–Trinajstić information content (AvgIpc) is 2.38. The molecule has 4 heteroatoms. The summed E-state index contributed by atoms with van der Waals surface area (Å²) in [4.78, 5) is 17.3. The lowest BCUT2D eigenvalue weighted by molar-refractivity contribution is 0.559. The molecule has 52 valence electrons. The van der Waals surface area contributed by atoms with Gasteiger partial charge in [0.1, 0.15) is 11.0 Å². The van der Waals surface area contributed by atoms with Crippen LogP contribution in [0.4, 0.5) is 0 Å².